The van der Waals surface area contributed by atoms with Crippen molar-refractivity contribution in [1.82, 2.24) is 5.43 Å². The Labute approximate surface area is 170 Å². The molecule has 0 aliphatic heterocycles. The Morgan fingerprint density at radius 3 is 2.45 bits per heavy atom. The van der Waals surface area contributed by atoms with Crippen molar-refractivity contribution < 1.29 is 14.3 Å². The van der Waals surface area contributed by atoms with Crippen LogP contribution in [0.1, 0.15) is 27.9 Å². The van der Waals surface area contributed by atoms with Crippen LogP contribution in [0.3, 0.4) is 0 Å². The number of aryl methyl sites for hydroxylation is 1. The third kappa shape index (κ3) is 4.63. The van der Waals surface area contributed by atoms with Gasteiger partial charge in [-0.15, -0.1) is 0 Å². The van der Waals surface area contributed by atoms with Crippen molar-refractivity contribution in [1.29, 1.82) is 0 Å². The third-order valence-electron chi connectivity index (χ3n) is 4.74. The summed E-state index contributed by atoms with van der Waals surface area (Å²) in [6, 6.07) is 24.8. The fourth-order valence-electron chi connectivity index (χ4n) is 3.31. The molecule has 5 heteroatoms. The molecule has 1 aliphatic carbocycles. The third-order valence-corrected chi connectivity index (χ3v) is 4.74. The molecule has 0 radical (unpaired) electrons. The lowest BCUT2D eigenvalue weighted by Gasteiger charge is -2.11. The Morgan fingerprint density at radius 1 is 0.828 bits per heavy atom. The van der Waals surface area contributed by atoms with Gasteiger partial charge in [0.15, 0.2) is 0 Å². The van der Waals surface area contributed by atoms with Crippen LogP contribution in [0.4, 0.5) is 0 Å². The smallest absolute Gasteiger partial charge is 0.275 e. The standard InChI is InChI=1S/C24H22N2O3/c27-24(26-25-22-15-14-18-8-4-5-11-20(18)22)21-12-6-7-13-23(21)29-17-16-28-19-9-2-1-3-10-19/h1-13H,14-17H2,(H,26,27). The molecule has 0 saturated carbocycles. The Balaban J connectivity index is 1.36. The Bertz CT molecular complexity index is 1020. The highest BCUT2D eigenvalue weighted by molar-refractivity contribution is 6.05. The first kappa shape index (κ1) is 18.7. The summed E-state index contributed by atoms with van der Waals surface area (Å²) in [6.07, 6.45) is 1.78. The van der Waals surface area contributed by atoms with E-state index < -0.39 is 0 Å². The number of nitrogens with zero attached hydrogens (tertiary/aromatic N) is 1. The molecule has 0 heterocycles. The number of carbonyl (C=O) groups excluding carboxylic acids is 1. The van der Waals surface area contributed by atoms with Gasteiger partial charge < -0.3 is 9.47 Å². The SMILES string of the molecule is O=C(NN=C1CCc2ccccc21)c1ccccc1OCCOc1ccccc1. The van der Waals surface area contributed by atoms with E-state index in [4.69, 9.17) is 9.47 Å². The van der Waals surface area contributed by atoms with Crippen molar-refractivity contribution in [2.24, 2.45) is 5.10 Å². The predicted octanol–water partition coefficient (Wildman–Crippen LogP) is 4.22. The van der Waals surface area contributed by atoms with Gasteiger partial charge in [-0.25, -0.2) is 5.43 Å². The molecule has 0 unspecified atom stereocenters. The van der Waals surface area contributed by atoms with Crippen LogP contribution >= 0.6 is 0 Å². The summed E-state index contributed by atoms with van der Waals surface area (Å²) in [7, 11) is 0. The minimum atomic E-state index is -0.290. The number of benzene rings is 3. The lowest BCUT2D eigenvalue weighted by molar-refractivity contribution is 0.0949. The highest BCUT2D eigenvalue weighted by Gasteiger charge is 2.18. The van der Waals surface area contributed by atoms with E-state index in [2.05, 4.69) is 16.6 Å². The van der Waals surface area contributed by atoms with E-state index >= 15 is 0 Å². The zero-order chi connectivity index (χ0) is 19.9. The zero-order valence-corrected chi connectivity index (χ0v) is 16.0. The van der Waals surface area contributed by atoms with Crippen molar-refractivity contribution in [3.8, 4) is 11.5 Å². The predicted molar refractivity (Wildman–Crippen MR) is 113 cm³/mol. The van der Waals surface area contributed by atoms with Gasteiger partial charge in [-0.3, -0.25) is 4.79 Å². The van der Waals surface area contributed by atoms with Crippen LogP contribution in [0.5, 0.6) is 11.5 Å². The Kier molecular flexibility index (Phi) is 5.86. The van der Waals surface area contributed by atoms with E-state index in [1.165, 1.54) is 5.56 Å². The van der Waals surface area contributed by atoms with E-state index in [1.807, 2.05) is 54.6 Å². The molecule has 29 heavy (non-hydrogen) atoms. The van der Waals surface area contributed by atoms with Crippen molar-refractivity contribution in [2.45, 2.75) is 12.8 Å². The van der Waals surface area contributed by atoms with Crippen LogP contribution in [-0.2, 0) is 6.42 Å². The summed E-state index contributed by atoms with van der Waals surface area (Å²) in [5.41, 5.74) is 6.40. The summed E-state index contributed by atoms with van der Waals surface area (Å²) in [5, 5.41) is 4.35. The molecule has 5 nitrogen and oxygen atoms in total. The second kappa shape index (κ2) is 9.06. The maximum absolute atomic E-state index is 12.7. The largest absolute Gasteiger partial charge is 0.490 e. The number of fused-ring (bicyclic) bond motifs is 1. The van der Waals surface area contributed by atoms with Crippen LogP contribution in [0, 0.1) is 0 Å². The fourth-order valence-corrected chi connectivity index (χ4v) is 3.31. The molecule has 0 aromatic heterocycles. The monoisotopic (exact) mass is 386 g/mol. The van der Waals surface area contributed by atoms with E-state index in [0.29, 0.717) is 24.5 Å². The minimum absolute atomic E-state index is 0.290. The molecule has 3 aromatic rings. The highest BCUT2D eigenvalue weighted by atomic mass is 16.5. The topological polar surface area (TPSA) is 59.9 Å². The summed E-state index contributed by atoms with van der Waals surface area (Å²) in [4.78, 5) is 12.7. The Hall–Kier alpha value is -3.60. The van der Waals surface area contributed by atoms with Gasteiger partial charge in [0.05, 0.1) is 11.3 Å². The maximum Gasteiger partial charge on any atom is 0.275 e. The number of para-hydroxylation sites is 2. The van der Waals surface area contributed by atoms with E-state index in [-0.39, 0.29) is 5.91 Å². The molecule has 1 amide bonds. The van der Waals surface area contributed by atoms with Gasteiger partial charge in [-0.05, 0) is 42.7 Å². The minimum Gasteiger partial charge on any atom is -0.490 e. The van der Waals surface area contributed by atoms with Gasteiger partial charge in [0.2, 0.25) is 0 Å². The number of hydrogen-bond acceptors (Lipinski definition) is 4. The molecule has 3 aromatic carbocycles. The van der Waals surface area contributed by atoms with Crippen molar-refractivity contribution in [2.75, 3.05) is 13.2 Å². The molecular weight excluding hydrogens is 364 g/mol. The van der Waals surface area contributed by atoms with Crippen molar-refractivity contribution in [3.63, 3.8) is 0 Å². The number of hydrogen-bond donors (Lipinski definition) is 1. The maximum atomic E-state index is 12.7. The summed E-state index contributed by atoms with van der Waals surface area (Å²) < 4.78 is 11.4. The number of amides is 1. The summed E-state index contributed by atoms with van der Waals surface area (Å²) in [6.45, 7) is 0.722. The Morgan fingerprint density at radius 2 is 1.55 bits per heavy atom. The zero-order valence-electron chi connectivity index (χ0n) is 16.0. The van der Waals surface area contributed by atoms with Crippen LogP contribution in [0.25, 0.3) is 0 Å². The van der Waals surface area contributed by atoms with Crippen LogP contribution in [0.2, 0.25) is 0 Å². The molecule has 0 atom stereocenters. The van der Waals surface area contributed by atoms with Crippen molar-refractivity contribution >= 4 is 11.6 Å². The van der Waals surface area contributed by atoms with E-state index in [0.717, 1.165) is 29.9 Å². The fraction of sp³-hybridized carbons (Fsp3) is 0.167. The van der Waals surface area contributed by atoms with E-state index in [9.17, 15) is 4.79 Å². The number of hydrazone groups is 1. The van der Waals surface area contributed by atoms with Crippen LogP contribution < -0.4 is 14.9 Å². The number of rotatable bonds is 7. The van der Waals surface area contributed by atoms with Crippen molar-refractivity contribution in [3.05, 3.63) is 95.6 Å². The average molecular weight is 386 g/mol. The first-order valence-electron chi connectivity index (χ1n) is 9.66. The molecule has 0 saturated heterocycles. The van der Waals surface area contributed by atoms with Gasteiger partial charge in [0.1, 0.15) is 24.7 Å². The van der Waals surface area contributed by atoms with Gasteiger partial charge >= 0.3 is 0 Å². The molecule has 0 bridgehead atoms. The van der Waals surface area contributed by atoms with Gasteiger partial charge in [0.25, 0.3) is 5.91 Å². The quantitative estimate of drug-likeness (QED) is 0.488. The van der Waals surface area contributed by atoms with E-state index in [1.54, 1.807) is 18.2 Å². The summed E-state index contributed by atoms with van der Waals surface area (Å²) in [5.74, 6) is 1.00. The molecule has 0 fully saturated rings. The molecule has 146 valence electrons. The van der Waals surface area contributed by atoms with Gasteiger partial charge in [0, 0.05) is 5.56 Å². The summed E-state index contributed by atoms with van der Waals surface area (Å²) >= 11 is 0. The normalized spacial score (nSPS) is 13.7. The van der Waals surface area contributed by atoms with Crippen LogP contribution in [-0.4, -0.2) is 24.8 Å². The first-order valence-corrected chi connectivity index (χ1v) is 9.66. The highest BCUT2D eigenvalue weighted by Crippen LogP contribution is 2.22. The molecular formula is C24H22N2O3. The number of ether oxygens (including phenoxy) is 2. The lowest BCUT2D eigenvalue weighted by Crippen LogP contribution is -2.21. The molecule has 1 aliphatic rings. The first-order chi connectivity index (χ1) is 14.3. The number of nitrogens with one attached hydrogen (secondary N) is 1. The van der Waals surface area contributed by atoms with Gasteiger partial charge in [-0.1, -0.05) is 54.6 Å². The second-order valence-electron chi connectivity index (χ2n) is 6.66. The molecule has 1 N–H and O–H groups in total. The lowest BCUT2D eigenvalue weighted by atomic mass is 10.1. The average Bonchev–Trinajstić information content (AvgIpc) is 3.19. The van der Waals surface area contributed by atoms with Gasteiger partial charge in [-0.2, -0.15) is 5.10 Å². The number of carbonyl (C=O) groups is 1. The molecule has 0 spiro atoms. The second-order valence-corrected chi connectivity index (χ2v) is 6.66. The molecule has 4 rings (SSSR count). The van der Waals surface area contributed by atoms with Crippen LogP contribution in [0.15, 0.2) is 84.0 Å².